The molecule has 2 saturated carbocycles. The van der Waals surface area contributed by atoms with Crippen molar-refractivity contribution in [2.45, 2.75) is 121 Å². The molecule has 7 atom stereocenters. The summed E-state index contributed by atoms with van der Waals surface area (Å²) in [7, 11) is -4.39. The van der Waals surface area contributed by atoms with Crippen molar-refractivity contribution in [3.63, 3.8) is 0 Å². The van der Waals surface area contributed by atoms with Crippen molar-refractivity contribution in [2.24, 2.45) is 17.8 Å². The fraction of sp³-hybridized carbons (Fsp3) is 0.625. The smallest absolute Gasteiger partial charge is 0.408 e. The number of carbonyl (C=O) groups is 4. The van der Waals surface area contributed by atoms with Gasteiger partial charge in [0.15, 0.2) is 0 Å². The number of pyridine rings is 1. The summed E-state index contributed by atoms with van der Waals surface area (Å²) in [5.41, 5.74) is -2.50. The summed E-state index contributed by atoms with van der Waals surface area (Å²) in [5.74, 6) is -2.42. The number of rotatable bonds is 9. The fourth-order valence-electron chi connectivity index (χ4n) is 7.80. The van der Waals surface area contributed by atoms with E-state index in [2.05, 4.69) is 27.3 Å². The van der Waals surface area contributed by atoms with Gasteiger partial charge in [-0.25, -0.2) is 17.6 Å². The Kier molecular flexibility index (Phi) is 11.6. The van der Waals surface area contributed by atoms with E-state index in [-0.39, 0.29) is 49.9 Å². The molecule has 14 nitrogen and oxygen atoms in total. The number of hydrogen-bond donors (Lipinski definition) is 3. The first kappa shape index (κ1) is 41.2. The lowest BCUT2D eigenvalue weighted by atomic mass is 9.88. The zero-order valence-electron chi connectivity index (χ0n) is 32.9. The van der Waals surface area contributed by atoms with Crippen molar-refractivity contribution in [3.8, 4) is 11.8 Å². The number of halogens is 1. The Morgan fingerprint density at radius 2 is 1.86 bits per heavy atom. The summed E-state index contributed by atoms with van der Waals surface area (Å²) in [5, 5.41) is 7.12. The van der Waals surface area contributed by atoms with Gasteiger partial charge in [0.05, 0.1) is 13.2 Å². The second-order valence-electron chi connectivity index (χ2n) is 16.9. The quantitative estimate of drug-likeness (QED) is 0.301. The second kappa shape index (κ2) is 15.8. The van der Waals surface area contributed by atoms with E-state index in [1.54, 1.807) is 26.8 Å². The zero-order chi connectivity index (χ0) is 40.6. The third kappa shape index (κ3) is 8.74. The number of sulfonamides is 1. The van der Waals surface area contributed by atoms with E-state index in [1.165, 1.54) is 4.90 Å². The lowest BCUT2D eigenvalue weighted by Gasteiger charge is -2.33. The monoisotopic (exact) mass is 799 g/mol. The highest BCUT2D eigenvalue weighted by molar-refractivity contribution is 7.91. The number of benzene rings is 1. The van der Waals surface area contributed by atoms with Crippen LogP contribution in [0, 0.1) is 17.8 Å². The molecule has 3 fully saturated rings. The molecule has 306 valence electrons. The van der Waals surface area contributed by atoms with E-state index in [0.29, 0.717) is 30.7 Å². The van der Waals surface area contributed by atoms with E-state index in [9.17, 15) is 32.0 Å². The highest BCUT2D eigenvalue weighted by Crippen LogP contribution is 2.48. The number of aromatic nitrogens is 1. The van der Waals surface area contributed by atoms with Crippen LogP contribution in [-0.2, 0) is 29.1 Å². The number of alkyl carbamates (subject to hydrolysis) is 1. The molecule has 1 aromatic heterocycles. The van der Waals surface area contributed by atoms with Crippen LogP contribution in [0.4, 0.5) is 9.18 Å². The van der Waals surface area contributed by atoms with E-state index in [0.717, 1.165) is 11.8 Å². The summed E-state index contributed by atoms with van der Waals surface area (Å²) < 4.78 is 58.4. The molecule has 3 heterocycles. The van der Waals surface area contributed by atoms with Gasteiger partial charge in [-0.1, -0.05) is 44.2 Å². The number of allylic oxidation sites excluding steroid dienone is 1. The Balaban J connectivity index is 1.36. The van der Waals surface area contributed by atoms with Crippen LogP contribution in [0.3, 0.4) is 0 Å². The number of nitrogens with zero attached hydrogens (tertiary/aromatic N) is 2. The lowest BCUT2D eigenvalue weighted by Crippen LogP contribution is -2.59. The van der Waals surface area contributed by atoms with Gasteiger partial charge >= 0.3 is 6.09 Å². The largest absolute Gasteiger partial charge is 0.478 e. The van der Waals surface area contributed by atoms with Gasteiger partial charge in [-0.05, 0) is 89.5 Å². The van der Waals surface area contributed by atoms with Crippen LogP contribution in [0.5, 0.6) is 11.8 Å². The van der Waals surface area contributed by atoms with Gasteiger partial charge in [0.2, 0.25) is 33.6 Å². The number of carbonyl (C=O) groups excluding carboxylic acids is 4. The summed E-state index contributed by atoms with van der Waals surface area (Å²) in [4.78, 5) is 62.4. The molecule has 16 heteroatoms. The van der Waals surface area contributed by atoms with E-state index >= 15 is 0 Å². The number of fused-ring (bicyclic) bond motifs is 3. The number of nitrogens with one attached hydrogen (secondary N) is 3. The Bertz CT molecular complexity index is 1980. The highest BCUT2D eigenvalue weighted by atomic mass is 32.2. The number of alkyl halides is 1. The summed E-state index contributed by atoms with van der Waals surface area (Å²) in [6.07, 6.45) is 4.34. The van der Waals surface area contributed by atoms with Crippen molar-refractivity contribution in [1.29, 1.82) is 0 Å². The maximum atomic E-state index is 14.8. The van der Waals surface area contributed by atoms with Gasteiger partial charge in [0, 0.05) is 23.8 Å². The van der Waals surface area contributed by atoms with Crippen LogP contribution in [0.2, 0.25) is 0 Å². The lowest BCUT2D eigenvalue weighted by molar-refractivity contribution is -0.142. The fourth-order valence-corrected chi connectivity index (χ4v) is 9.22. The normalized spacial score (nSPS) is 29.2. The van der Waals surface area contributed by atoms with Gasteiger partial charge in [-0.2, -0.15) is 4.98 Å². The molecule has 7 unspecified atom stereocenters. The molecule has 1 aromatic carbocycles. The molecule has 2 aliphatic carbocycles. The van der Waals surface area contributed by atoms with Crippen molar-refractivity contribution < 1.29 is 46.2 Å². The first-order valence-electron chi connectivity index (χ1n) is 19.5. The van der Waals surface area contributed by atoms with Gasteiger partial charge in [0.1, 0.15) is 40.7 Å². The van der Waals surface area contributed by atoms with Crippen molar-refractivity contribution in [2.75, 3.05) is 19.8 Å². The predicted octanol–water partition coefficient (Wildman–Crippen LogP) is 4.71. The van der Waals surface area contributed by atoms with Gasteiger partial charge < -0.3 is 29.7 Å². The molecule has 0 radical (unpaired) electrons. The molecule has 2 aliphatic heterocycles. The number of hydrogen-bond acceptors (Lipinski definition) is 10. The number of ether oxygens (including phenoxy) is 3. The average molecular weight is 800 g/mol. The van der Waals surface area contributed by atoms with Gasteiger partial charge in [-0.3, -0.25) is 19.1 Å². The third-order valence-electron chi connectivity index (χ3n) is 11.2. The third-order valence-corrected chi connectivity index (χ3v) is 13.3. The first-order valence-corrected chi connectivity index (χ1v) is 21.0. The van der Waals surface area contributed by atoms with Crippen LogP contribution in [0.25, 0.3) is 10.8 Å². The Morgan fingerprint density at radius 1 is 1.12 bits per heavy atom. The minimum absolute atomic E-state index is 0.0160. The SMILES string of the molecule is CCOc1cc2ccccc2c(OC2CC3C(=O)NC4(C(=O)NS(=O)(=O)C5(CF)CC5)CC4C=CCCC(C)CC(C)C(NC(=O)OC(C)(C)C)C(=O)N3C2)n1. The maximum Gasteiger partial charge on any atom is 0.408 e. The van der Waals surface area contributed by atoms with E-state index in [1.807, 2.05) is 50.3 Å². The Morgan fingerprint density at radius 3 is 2.54 bits per heavy atom. The Hall–Kier alpha value is -4.47. The van der Waals surface area contributed by atoms with Gasteiger partial charge in [0.25, 0.3) is 5.91 Å². The van der Waals surface area contributed by atoms with E-state index < -0.39 is 80.5 Å². The highest BCUT2D eigenvalue weighted by Gasteiger charge is 2.64. The van der Waals surface area contributed by atoms with E-state index in [4.69, 9.17) is 14.2 Å². The van der Waals surface area contributed by atoms with Gasteiger partial charge in [-0.15, -0.1) is 0 Å². The molecular weight excluding hydrogens is 746 g/mol. The van der Waals surface area contributed by atoms with Crippen LogP contribution >= 0.6 is 0 Å². The average Bonchev–Trinajstić information content (AvgIpc) is 4.03. The molecule has 0 spiro atoms. The minimum Gasteiger partial charge on any atom is -0.478 e. The van der Waals surface area contributed by atoms with Crippen molar-refractivity contribution in [1.82, 2.24) is 25.2 Å². The van der Waals surface area contributed by atoms with Crippen LogP contribution in [0.15, 0.2) is 42.5 Å². The standard InChI is InChI=1S/C40H54FN5O9S/c1-7-53-31-19-26-13-9-11-15-29(26)34(42-31)54-28-20-30-33(47)44-40(36(49)45-56(51,52)39(23-41)16-17-39)21-27(40)14-10-8-12-24(2)18-25(3)32(35(48)46(30)22-28)43-37(50)55-38(4,5)6/h9-11,13-15,19,24-25,27-28,30,32H,7-8,12,16-18,20-23H2,1-6H3,(H,43,50)(H,44,47)(H,45,49). The van der Waals surface area contributed by atoms with Crippen LogP contribution in [-0.4, -0.2) is 96.0 Å². The summed E-state index contributed by atoms with van der Waals surface area (Å²) in [6.45, 7) is 10.1. The molecule has 56 heavy (non-hydrogen) atoms. The van der Waals surface area contributed by atoms with Crippen LogP contribution < -0.4 is 24.8 Å². The first-order chi connectivity index (χ1) is 26.4. The molecule has 4 amide bonds. The second-order valence-corrected chi connectivity index (χ2v) is 18.9. The summed E-state index contributed by atoms with van der Waals surface area (Å²) in [6, 6.07) is 6.95. The zero-order valence-corrected chi connectivity index (χ0v) is 33.7. The molecule has 1 saturated heterocycles. The number of amides is 4. The topological polar surface area (TPSA) is 182 Å². The summed E-state index contributed by atoms with van der Waals surface area (Å²) >= 11 is 0. The molecule has 2 aromatic rings. The molecule has 0 bridgehead atoms. The minimum atomic E-state index is -4.39. The molecule has 3 N–H and O–H groups in total. The maximum absolute atomic E-state index is 14.8. The predicted molar refractivity (Wildman–Crippen MR) is 206 cm³/mol. The van der Waals surface area contributed by atoms with Crippen molar-refractivity contribution in [3.05, 3.63) is 42.5 Å². The molecule has 4 aliphatic rings. The molecule has 6 rings (SSSR count). The van der Waals surface area contributed by atoms with Crippen LogP contribution in [0.1, 0.15) is 86.5 Å². The van der Waals surface area contributed by atoms with Crippen molar-refractivity contribution >= 4 is 44.6 Å². The molecular formula is C40H54FN5O9S. The Labute approximate surface area is 327 Å².